The van der Waals surface area contributed by atoms with E-state index in [2.05, 4.69) is 13.8 Å². The second-order valence-electron chi connectivity index (χ2n) is 9.79. The van der Waals surface area contributed by atoms with Crippen LogP contribution in [0.4, 0.5) is 4.39 Å². The van der Waals surface area contributed by atoms with E-state index in [9.17, 15) is 14.3 Å². The molecule has 192 valence electrons. The third-order valence-corrected chi connectivity index (χ3v) is 6.97. The smallest absolute Gasteiger partial charge is 0.226 e. The first-order valence-electron chi connectivity index (χ1n) is 12.9. The van der Waals surface area contributed by atoms with Crippen LogP contribution in [0.3, 0.4) is 0 Å². The molecule has 1 aliphatic rings. The Kier molecular flexibility index (Phi) is 9.96. The zero-order chi connectivity index (χ0) is 25.3. The standard InChI is InChI=1S/C29H40FNO4/c1-4-23(5-2)21-29(33)11-14-31(15-12-29)28(32)19-24-17-26(34-16-6-13-30)20-27(18-24)35-25-9-7-22(3)8-10-25/h7-10,17-18,20,23,33H,4-6,11-16,19,21H2,1-3H3. The molecule has 0 bridgehead atoms. The van der Waals surface area contributed by atoms with Gasteiger partial charge in [0.2, 0.25) is 5.91 Å². The van der Waals surface area contributed by atoms with E-state index in [-0.39, 0.29) is 18.9 Å². The Morgan fingerprint density at radius 1 is 1.06 bits per heavy atom. The number of likely N-dealkylation sites (tertiary alicyclic amines) is 1. The van der Waals surface area contributed by atoms with Gasteiger partial charge in [0, 0.05) is 25.6 Å². The first-order valence-corrected chi connectivity index (χ1v) is 12.9. The molecule has 1 heterocycles. The van der Waals surface area contributed by atoms with Crippen LogP contribution < -0.4 is 9.47 Å². The Balaban J connectivity index is 1.66. The highest BCUT2D eigenvalue weighted by Gasteiger charge is 2.35. The van der Waals surface area contributed by atoms with Gasteiger partial charge in [-0.3, -0.25) is 9.18 Å². The summed E-state index contributed by atoms with van der Waals surface area (Å²) in [5.74, 6) is 2.38. The molecule has 1 saturated heterocycles. The largest absolute Gasteiger partial charge is 0.493 e. The van der Waals surface area contributed by atoms with E-state index in [1.54, 1.807) is 6.07 Å². The number of aryl methyl sites for hydroxylation is 1. The van der Waals surface area contributed by atoms with E-state index in [1.807, 2.05) is 48.2 Å². The van der Waals surface area contributed by atoms with Crippen molar-refractivity contribution in [3.63, 3.8) is 0 Å². The first-order chi connectivity index (χ1) is 16.8. The van der Waals surface area contributed by atoms with Gasteiger partial charge in [-0.1, -0.05) is 44.4 Å². The van der Waals surface area contributed by atoms with Gasteiger partial charge in [0.15, 0.2) is 0 Å². The fraction of sp³-hybridized carbons (Fsp3) is 0.552. The van der Waals surface area contributed by atoms with Crippen LogP contribution in [0.25, 0.3) is 0 Å². The van der Waals surface area contributed by atoms with E-state index in [1.165, 1.54) is 0 Å². The number of rotatable bonds is 12. The zero-order valence-electron chi connectivity index (χ0n) is 21.4. The van der Waals surface area contributed by atoms with Crippen molar-refractivity contribution < 1.29 is 23.8 Å². The molecule has 0 atom stereocenters. The summed E-state index contributed by atoms with van der Waals surface area (Å²) in [5, 5.41) is 11.0. The minimum atomic E-state index is -0.674. The molecule has 0 aromatic heterocycles. The fourth-order valence-corrected chi connectivity index (χ4v) is 4.64. The number of aliphatic hydroxyl groups is 1. The van der Waals surface area contributed by atoms with Crippen LogP contribution in [0.1, 0.15) is 63.5 Å². The molecule has 35 heavy (non-hydrogen) atoms. The van der Waals surface area contributed by atoms with Crippen LogP contribution in [0.5, 0.6) is 17.2 Å². The Labute approximate surface area is 209 Å². The average Bonchev–Trinajstić information content (AvgIpc) is 2.84. The molecule has 0 radical (unpaired) electrons. The fourth-order valence-electron chi connectivity index (χ4n) is 4.64. The third-order valence-electron chi connectivity index (χ3n) is 6.97. The minimum Gasteiger partial charge on any atom is -0.493 e. The molecule has 5 nitrogen and oxygen atoms in total. The number of nitrogens with zero attached hydrogens (tertiary/aromatic N) is 1. The lowest BCUT2D eigenvalue weighted by Gasteiger charge is -2.40. The molecule has 6 heteroatoms. The molecule has 1 amide bonds. The summed E-state index contributed by atoms with van der Waals surface area (Å²) in [6, 6.07) is 13.2. The second kappa shape index (κ2) is 12.9. The molecule has 1 fully saturated rings. The molecule has 2 aromatic carbocycles. The van der Waals surface area contributed by atoms with Gasteiger partial charge < -0.3 is 19.5 Å². The van der Waals surface area contributed by atoms with Gasteiger partial charge in [-0.2, -0.15) is 0 Å². The maximum absolute atomic E-state index is 13.1. The number of halogens is 1. The predicted octanol–water partition coefficient (Wildman–Crippen LogP) is 6.25. The van der Waals surface area contributed by atoms with Gasteiger partial charge in [0.1, 0.15) is 17.2 Å². The van der Waals surface area contributed by atoms with Crippen LogP contribution in [0.15, 0.2) is 42.5 Å². The Morgan fingerprint density at radius 2 is 1.71 bits per heavy atom. The van der Waals surface area contributed by atoms with Gasteiger partial charge in [0.05, 0.1) is 25.3 Å². The van der Waals surface area contributed by atoms with Gasteiger partial charge in [-0.15, -0.1) is 0 Å². The van der Waals surface area contributed by atoms with Crippen molar-refractivity contribution in [1.82, 2.24) is 4.90 Å². The molecule has 3 rings (SSSR count). The quantitative estimate of drug-likeness (QED) is 0.361. The summed E-state index contributed by atoms with van der Waals surface area (Å²) in [6.07, 6.45) is 4.70. The zero-order valence-corrected chi connectivity index (χ0v) is 21.4. The first kappa shape index (κ1) is 27.0. The number of carbonyl (C=O) groups is 1. The van der Waals surface area contributed by atoms with Gasteiger partial charge >= 0.3 is 0 Å². The Bertz CT molecular complexity index is 934. The molecule has 0 unspecified atom stereocenters. The van der Waals surface area contributed by atoms with Crippen molar-refractivity contribution in [3.8, 4) is 17.2 Å². The number of alkyl halides is 1. The van der Waals surface area contributed by atoms with E-state index in [0.29, 0.717) is 55.5 Å². The lowest BCUT2D eigenvalue weighted by Crippen LogP contribution is -2.47. The van der Waals surface area contributed by atoms with Gasteiger partial charge in [-0.05, 0) is 61.9 Å². The van der Waals surface area contributed by atoms with Crippen LogP contribution in [0, 0.1) is 12.8 Å². The highest BCUT2D eigenvalue weighted by molar-refractivity contribution is 5.79. The number of hydrogen-bond donors (Lipinski definition) is 1. The highest BCUT2D eigenvalue weighted by Crippen LogP contribution is 2.32. The van der Waals surface area contributed by atoms with Crippen molar-refractivity contribution in [2.24, 2.45) is 5.92 Å². The van der Waals surface area contributed by atoms with E-state index < -0.39 is 12.3 Å². The van der Waals surface area contributed by atoms with E-state index in [0.717, 1.165) is 30.4 Å². The summed E-state index contributed by atoms with van der Waals surface area (Å²) in [7, 11) is 0. The number of ether oxygens (including phenoxy) is 2. The van der Waals surface area contributed by atoms with Crippen molar-refractivity contribution in [1.29, 1.82) is 0 Å². The third kappa shape index (κ3) is 8.24. The van der Waals surface area contributed by atoms with E-state index in [4.69, 9.17) is 9.47 Å². The van der Waals surface area contributed by atoms with Crippen LogP contribution in [-0.2, 0) is 11.2 Å². The SMILES string of the molecule is CCC(CC)CC1(O)CCN(C(=O)Cc2cc(OCCCF)cc(Oc3ccc(C)cc3)c2)CC1. The summed E-state index contributed by atoms with van der Waals surface area (Å²) in [5.41, 5.74) is 1.25. The average molecular weight is 486 g/mol. The predicted molar refractivity (Wildman–Crippen MR) is 137 cm³/mol. The lowest BCUT2D eigenvalue weighted by molar-refractivity contribution is -0.135. The highest BCUT2D eigenvalue weighted by atomic mass is 19.1. The summed E-state index contributed by atoms with van der Waals surface area (Å²) >= 11 is 0. The maximum Gasteiger partial charge on any atom is 0.226 e. The van der Waals surface area contributed by atoms with Crippen molar-refractivity contribution in [2.45, 2.75) is 71.3 Å². The lowest BCUT2D eigenvalue weighted by atomic mass is 9.81. The molecular weight excluding hydrogens is 445 g/mol. The maximum atomic E-state index is 13.1. The number of amides is 1. The minimum absolute atomic E-state index is 0.0248. The van der Waals surface area contributed by atoms with Crippen LogP contribution >= 0.6 is 0 Å². The van der Waals surface area contributed by atoms with Crippen molar-refractivity contribution in [2.75, 3.05) is 26.4 Å². The topological polar surface area (TPSA) is 59.0 Å². The van der Waals surface area contributed by atoms with Crippen molar-refractivity contribution in [3.05, 3.63) is 53.6 Å². The normalized spacial score (nSPS) is 15.3. The summed E-state index contributed by atoms with van der Waals surface area (Å²) in [6.45, 7) is 7.30. The molecule has 0 aliphatic carbocycles. The summed E-state index contributed by atoms with van der Waals surface area (Å²) in [4.78, 5) is 15.0. The Morgan fingerprint density at radius 3 is 2.34 bits per heavy atom. The Hall–Kier alpha value is -2.60. The van der Waals surface area contributed by atoms with Crippen molar-refractivity contribution >= 4 is 5.91 Å². The van der Waals surface area contributed by atoms with Gasteiger partial charge in [-0.25, -0.2) is 0 Å². The second-order valence-corrected chi connectivity index (χ2v) is 9.79. The molecule has 2 aromatic rings. The molecule has 0 spiro atoms. The number of piperidine rings is 1. The van der Waals surface area contributed by atoms with Crippen LogP contribution in [0.2, 0.25) is 0 Å². The number of hydrogen-bond acceptors (Lipinski definition) is 4. The molecule has 1 aliphatic heterocycles. The summed E-state index contributed by atoms with van der Waals surface area (Å²) < 4.78 is 24.3. The molecule has 0 saturated carbocycles. The number of carbonyl (C=O) groups excluding carboxylic acids is 1. The number of benzene rings is 2. The van der Waals surface area contributed by atoms with Gasteiger partial charge in [0.25, 0.3) is 0 Å². The van der Waals surface area contributed by atoms with E-state index >= 15 is 0 Å². The van der Waals surface area contributed by atoms with Crippen LogP contribution in [-0.4, -0.2) is 47.9 Å². The molecule has 1 N–H and O–H groups in total. The molecular formula is C29H40FNO4. The monoisotopic (exact) mass is 485 g/mol.